The number of rotatable bonds is 3. The van der Waals surface area contributed by atoms with Crippen LogP contribution in [0.4, 0.5) is 0 Å². The van der Waals surface area contributed by atoms with Crippen LogP contribution < -0.4 is 0 Å². The first-order valence-electron chi connectivity index (χ1n) is 5.55. The van der Waals surface area contributed by atoms with Gasteiger partial charge in [0.15, 0.2) is 0 Å². The maximum atomic E-state index is 10.7. The summed E-state index contributed by atoms with van der Waals surface area (Å²) in [5.41, 5.74) is 1.04. The lowest BCUT2D eigenvalue weighted by molar-refractivity contribution is -0.136. The minimum absolute atomic E-state index is 0.190. The summed E-state index contributed by atoms with van der Waals surface area (Å²) in [6.07, 6.45) is 6.62. The van der Waals surface area contributed by atoms with E-state index in [1.807, 2.05) is 11.4 Å². The van der Waals surface area contributed by atoms with Gasteiger partial charge < -0.3 is 5.11 Å². The molecular formula is C12H16O2S. The van der Waals surface area contributed by atoms with E-state index in [0.29, 0.717) is 5.92 Å². The van der Waals surface area contributed by atoms with E-state index in [-0.39, 0.29) is 6.42 Å². The zero-order valence-corrected chi connectivity index (χ0v) is 9.55. The highest BCUT2D eigenvalue weighted by Gasteiger charge is 2.20. The lowest BCUT2D eigenvalue weighted by atomic mass is 9.86. The van der Waals surface area contributed by atoms with Crippen LogP contribution in [0, 0.1) is 0 Å². The molecule has 2 nitrogen and oxygen atoms in total. The first-order valence-corrected chi connectivity index (χ1v) is 6.43. The Morgan fingerprint density at radius 2 is 2.13 bits per heavy atom. The second kappa shape index (κ2) is 4.79. The zero-order valence-electron chi connectivity index (χ0n) is 8.74. The van der Waals surface area contributed by atoms with Gasteiger partial charge in [-0.2, -0.15) is 0 Å². The summed E-state index contributed by atoms with van der Waals surface area (Å²) in [6.45, 7) is 0. The molecule has 0 unspecified atom stereocenters. The zero-order chi connectivity index (χ0) is 10.7. The molecule has 0 spiro atoms. The summed E-state index contributed by atoms with van der Waals surface area (Å²) in [5.74, 6) is -0.0847. The Hall–Kier alpha value is -0.830. The molecule has 0 radical (unpaired) electrons. The Kier molecular flexibility index (Phi) is 3.41. The standard InChI is InChI=1S/C12H16O2S/c13-11(14)8-10-6-7-15-12(10)9-4-2-1-3-5-9/h6-7,9H,1-5,8H2,(H,13,14). The van der Waals surface area contributed by atoms with E-state index in [4.69, 9.17) is 5.11 Å². The van der Waals surface area contributed by atoms with Crippen molar-refractivity contribution in [1.29, 1.82) is 0 Å². The van der Waals surface area contributed by atoms with Crippen LogP contribution in [0.15, 0.2) is 11.4 Å². The molecule has 1 fully saturated rings. The highest BCUT2D eigenvalue weighted by Crippen LogP contribution is 2.37. The molecule has 0 saturated heterocycles. The van der Waals surface area contributed by atoms with Gasteiger partial charge in [0.2, 0.25) is 0 Å². The van der Waals surface area contributed by atoms with Gasteiger partial charge in [-0.05, 0) is 35.8 Å². The van der Waals surface area contributed by atoms with Crippen LogP contribution in [0.2, 0.25) is 0 Å². The van der Waals surface area contributed by atoms with E-state index in [2.05, 4.69) is 0 Å². The summed E-state index contributed by atoms with van der Waals surface area (Å²) in [6, 6.07) is 1.97. The maximum Gasteiger partial charge on any atom is 0.307 e. The largest absolute Gasteiger partial charge is 0.481 e. The van der Waals surface area contributed by atoms with Gasteiger partial charge in [-0.3, -0.25) is 4.79 Å². The monoisotopic (exact) mass is 224 g/mol. The van der Waals surface area contributed by atoms with Crippen LogP contribution in [0.5, 0.6) is 0 Å². The van der Waals surface area contributed by atoms with Gasteiger partial charge in [0.05, 0.1) is 6.42 Å². The van der Waals surface area contributed by atoms with Gasteiger partial charge in [-0.25, -0.2) is 0 Å². The Balaban J connectivity index is 2.12. The molecule has 0 bridgehead atoms. The number of hydrogen-bond donors (Lipinski definition) is 1. The SMILES string of the molecule is O=C(O)Cc1ccsc1C1CCCCC1. The molecule has 1 aliphatic rings. The minimum Gasteiger partial charge on any atom is -0.481 e. The van der Waals surface area contributed by atoms with Crippen molar-refractivity contribution < 1.29 is 9.90 Å². The number of carboxylic acid groups (broad SMARTS) is 1. The fourth-order valence-electron chi connectivity index (χ4n) is 2.38. The molecule has 1 heterocycles. The maximum absolute atomic E-state index is 10.7. The quantitative estimate of drug-likeness (QED) is 0.854. The van der Waals surface area contributed by atoms with E-state index in [9.17, 15) is 4.79 Å². The molecule has 0 aliphatic heterocycles. The van der Waals surface area contributed by atoms with Crippen molar-refractivity contribution >= 4 is 17.3 Å². The molecule has 82 valence electrons. The number of aliphatic carboxylic acids is 1. The van der Waals surface area contributed by atoms with Crippen LogP contribution in [0.1, 0.15) is 48.5 Å². The minimum atomic E-state index is -0.717. The van der Waals surface area contributed by atoms with Gasteiger partial charge in [-0.1, -0.05) is 19.3 Å². The molecule has 1 N–H and O–H groups in total. The third-order valence-electron chi connectivity index (χ3n) is 3.10. The van der Waals surface area contributed by atoms with Crippen molar-refractivity contribution in [2.45, 2.75) is 44.4 Å². The van der Waals surface area contributed by atoms with E-state index < -0.39 is 5.97 Å². The second-order valence-corrected chi connectivity index (χ2v) is 5.16. The van der Waals surface area contributed by atoms with E-state index in [1.165, 1.54) is 37.0 Å². The summed E-state index contributed by atoms with van der Waals surface area (Å²) in [7, 11) is 0. The van der Waals surface area contributed by atoms with Crippen molar-refractivity contribution in [2.75, 3.05) is 0 Å². The van der Waals surface area contributed by atoms with Crippen molar-refractivity contribution in [1.82, 2.24) is 0 Å². The van der Waals surface area contributed by atoms with Gasteiger partial charge >= 0.3 is 5.97 Å². The van der Waals surface area contributed by atoms with Crippen LogP contribution in [-0.2, 0) is 11.2 Å². The number of thiophene rings is 1. The Morgan fingerprint density at radius 3 is 2.80 bits per heavy atom. The molecule has 1 saturated carbocycles. The summed E-state index contributed by atoms with van der Waals surface area (Å²) < 4.78 is 0. The van der Waals surface area contributed by atoms with Crippen molar-refractivity contribution in [3.05, 3.63) is 21.9 Å². The van der Waals surface area contributed by atoms with Crippen LogP contribution in [0.3, 0.4) is 0 Å². The molecule has 15 heavy (non-hydrogen) atoms. The Labute approximate surface area is 93.9 Å². The average Bonchev–Trinajstić information content (AvgIpc) is 2.66. The molecule has 0 aromatic carbocycles. The predicted octanol–water partition coefficient (Wildman–Crippen LogP) is 3.42. The molecule has 3 heteroatoms. The number of carbonyl (C=O) groups is 1. The third kappa shape index (κ3) is 2.59. The van der Waals surface area contributed by atoms with E-state index in [1.54, 1.807) is 11.3 Å². The summed E-state index contributed by atoms with van der Waals surface area (Å²) in [5, 5.41) is 10.8. The summed E-state index contributed by atoms with van der Waals surface area (Å²) in [4.78, 5) is 12.0. The van der Waals surface area contributed by atoms with Gasteiger partial charge in [0.25, 0.3) is 0 Å². The van der Waals surface area contributed by atoms with Gasteiger partial charge in [0.1, 0.15) is 0 Å². The molecule has 0 amide bonds. The van der Waals surface area contributed by atoms with E-state index >= 15 is 0 Å². The Bertz CT molecular complexity index is 337. The molecule has 2 rings (SSSR count). The number of hydrogen-bond acceptors (Lipinski definition) is 2. The van der Waals surface area contributed by atoms with E-state index in [0.717, 1.165) is 5.56 Å². The molecular weight excluding hydrogens is 208 g/mol. The average molecular weight is 224 g/mol. The predicted molar refractivity (Wildman–Crippen MR) is 61.5 cm³/mol. The normalized spacial score (nSPS) is 17.9. The molecule has 1 aromatic rings. The van der Waals surface area contributed by atoms with Gasteiger partial charge in [-0.15, -0.1) is 11.3 Å². The summed E-state index contributed by atoms with van der Waals surface area (Å²) >= 11 is 1.73. The smallest absolute Gasteiger partial charge is 0.307 e. The van der Waals surface area contributed by atoms with Gasteiger partial charge in [0, 0.05) is 4.88 Å². The fraction of sp³-hybridized carbons (Fsp3) is 0.583. The lowest BCUT2D eigenvalue weighted by Gasteiger charge is -2.21. The lowest BCUT2D eigenvalue weighted by Crippen LogP contribution is -2.07. The van der Waals surface area contributed by atoms with Crippen LogP contribution in [0.25, 0.3) is 0 Å². The topological polar surface area (TPSA) is 37.3 Å². The first-order chi connectivity index (χ1) is 7.27. The first kappa shape index (κ1) is 10.7. The van der Waals surface area contributed by atoms with Crippen molar-refractivity contribution in [2.24, 2.45) is 0 Å². The number of carboxylic acids is 1. The fourth-order valence-corrected chi connectivity index (χ4v) is 3.48. The highest BCUT2D eigenvalue weighted by molar-refractivity contribution is 7.10. The molecule has 1 aromatic heterocycles. The van der Waals surface area contributed by atoms with Crippen LogP contribution >= 0.6 is 11.3 Å². The van der Waals surface area contributed by atoms with Crippen LogP contribution in [-0.4, -0.2) is 11.1 Å². The van der Waals surface area contributed by atoms with Crippen molar-refractivity contribution in [3.8, 4) is 0 Å². The third-order valence-corrected chi connectivity index (χ3v) is 4.22. The second-order valence-electron chi connectivity index (χ2n) is 4.22. The molecule has 1 aliphatic carbocycles. The Morgan fingerprint density at radius 1 is 1.40 bits per heavy atom. The molecule has 0 atom stereocenters. The highest BCUT2D eigenvalue weighted by atomic mass is 32.1. The van der Waals surface area contributed by atoms with Crippen molar-refractivity contribution in [3.63, 3.8) is 0 Å².